The van der Waals surface area contributed by atoms with E-state index in [-0.39, 0.29) is 42.6 Å². The van der Waals surface area contributed by atoms with Crippen LogP contribution in [-0.2, 0) is 45.4 Å². The molecule has 236 valence electrons. The molecule has 2 aromatic rings. The number of thiol groups is 1. The molecule has 0 aliphatic carbocycles. The number of carbonyl (C=O) groups is 3. The molecular formula is C33H43N4O6S+. The van der Waals surface area contributed by atoms with Crippen molar-refractivity contribution in [2.45, 2.75) is 90.5 Å². The molecule has 0 radical (unpaired) electrons. The van der Waals surface area contributed by atoms with Gasteiger partial charge in [-0.05, 0) is 91.8 Å². The van der Waals surface area contributed by atoms with Crippen LogP contribution in [0.15, 0.2) is 22.6 Å². The minimum absolute atomic E-state index is 0.000667. The van der Waals surface area contributed by atoms with Crippen LogP contribution in [0.3, 0.4) is 0 Å². The lowest BCUT2D eigenvalue weighted by Gasteiger charge is -2.17. The molecule has 44 heavy (non-hydrogen) atoms. The number of carbonyl (C=O) groups excluding carboxylic acids is 1. The van der Waals surface area contributed by atoms with Gasteiger partial charge in [-0.25, -0.2) is 0 Å². The fourth-order valence-electron chi connectivity index (χ4n) is 6.75. The van der Waals surface area contributed by atoms with E-state index in [0.717, 1.165) is 73.2 Å². The van der Waals surface area contributed by atoms with Gasteiger partial charge in [0.15, 0.2) is 16.9 Å². The van der Waals surface area contributed by atoms with Gasteiger partial charge in [-0.2, -0.15) is 0 Å². The third-order valence-electron chi connectivity index (χ3n) is 9.47. The average Bonchev–Trinajstić information content (AvgIpc) is 3.53. The summed E-state index contributed by atoms with van der Waals surface area (Å²) in [5.74, 6) is -0.374. The second-order valence-electron chi connectivity index (χ2n) is 12.2. The van der Waals surface area contributed by atoms with Crippen molar-refractivity contribution in [3.05, 3.63) is 66.9 Å². The highest BCUT2D eigenvalue weighted by atomic mass is 32.2. The molecule has 3 aliphatic heterocycles. The topological polar surface area (TPSA) is 168 Å². The van der Waals surface area contributed by atoms with E-state index >= 15 is 0 Å². The van der Waals surface area contributed by atoms with Crippen molar-refractivity contribution in [3.8, 4) is 0 Å². The summed E-state index contributed by atoms with van der Waals surface area (Å²) in [5, 5.41) is 37.7. The summed E-state index contributed by atoms with van der Waals surface area (Å²) in [7, 11) is 0. The van der Waals surface area contributed by atoms with Crippen molar-refractivity contribution in [2.75, 3.05) is 5.75 Å². The summed E-state index contributed by atoms with van der Waals surface area (Å²) in [6.07, 6.45) is 5.98. The maximum absolute atomic E-state index is 12.5. The molecule has 5 heterocycles. The van der Waals surface area contributed by atoms with Crippen molar-refractivity contribution in [1.29, 1.82) is 0 Å². The van der Waals surface area contributed by atoms with Crippen LogP contribution in [0.2, 0.25) is 0 Å². The quantitative estimate of drug-likeness (QED) is 0.108. The number of nitrogens with one attached hydrogen (secondary N) is 4. The Kier molecular flexibility index (Phi) is 9.06. The predicted molar refractivity (Wildman–Crippen MR) is 172 cm³/mol. The van der Waals surface area contributed by atoms with Crippen molar-refractivity contribution in [1.82, 2.24) is 20.6 Å². The lowest BCUT2D eigenvalue weighted by Crippen LogP contribution is -2.30. The molecule has 10 nitrogen and oxygen atoms in total. The fourth-order valence-corrected chi connectivity index (χ4v) is 7.60. The number of rotatable bonds is 12. The largest absolute Gasteiger partial charge is 0.495 e. The normalized spacial score (nSPS) is 24.0. The van der Waals surface area contributed by atoms with Gasteiger partial charge in [0.25, 0.3) is 0 Å². The molecule has 5 rings (SSSR count). The van der Waals surface area contributed by atoms with Gasteiger partial charge in [0.1, 0.15) is 0 Å². The van der Waals surface area contributed by atoms with Crippen LogP contribution in [0.25, 0.3) is 12.2 Å². The summed E-state index contributed by atoms with van der Waals surface area (Å²) < 4.78 is 0. The molecule has 2 aromatic heterocycles. The number of carboxylic acid groups (broad SMARTS) is 2. The van der Waals surface area contributed by atoms with Crippen LogP contribution in [0.1, 0.15) is 73.7 Å². The minimum Gasteiger partial charge on any atom is -0.495 e. The van der Waals surface area contributed by atoms with Crippen molar-refractivity contribution in [2.24, 2.45) is 5.92 Å². The van der Waals surface area contributed by atoms with Crippen molar-refractivity contribution in [3.63, 3.8) is 0 Å². The molecular weight excluding hydrogens is 580 g/mol. The highest BCUT2D eigenvalue weighted by Gasteiger charge is 2.46. The molecule has 7 N–H and O–H groups in total. The monoisotopic (exact) mass is 623 g/mol. The lowest BCUT2D eigenvalue weighted by atomic mass is 9.91. The number of hydrogen-bond donors (Lipinski definition) is 7. The Hall–Kier alpha value is -3.86. The van der Waals surface area contributed by atoms with E-state index in [1.807, 2.05) is 39.8 Å². The number of hydrogen-bond acceptors (Lipinski definition) is 5. The summed E-state index contributed by atoms with van der Waals surface area (Å²) in [4.78, 5) is 42.7. The van der Waals surface area contributed by atoms with Crippen molar-refractivity contribution >= 4 is 41.8 Å². The number of aliphatic carboxylic acids is 2. The molecule has 0 spiro atoms. The summed E-state index contributed by atoms with van der Waals surface area (Å²) in [5.41, 5.74) is 8.35. The van der Waals surface area contributed by atoms with Crippen LogP contribution in [0.4, 0.5) is 0 Å². The smallest absolute Gasteiger partial charge is 0.303 e. The zero-order valence-electron chi connectivity index (χ0n) is 25.9. The fraction of sp³-hybridized carbons (Fsp3) is 0.485. The van der Waals surface area contributed by atoms with Crippen LogP contribution >= 0.6 is 0 Å². The maximum Gasteiger partial charge on any atom is 0.303 e. The first kappa shape index (κ1) is 31.6. The van der Waals surface area contributed by atoms with E-state index < -0.39 is 11.9 Å². The Morgan fingerprint density at radius 3 is 2.23 bits per heavy atom. The van der Waals surface area contributed by atoms with Gasteiger partial charge >= 0.3 is 11.9 Å². The number of aromatic amines is 2. The zero-order chi connectivity index (χ0) is 31.9. The third-order valence-corrected chi connectivity index (χ3v) is 10.5. The zero-order valence-corrected chi connectivity index (χ0v) is 26.8. The van der Waals surface area contributed by atoms with Gasteiger partial charge in [-0.1, -0.05) is 13.8 Å². The van der Waals surface area contributed by atoms with Gasteiger partial charge in [0, 0.05) is 64.5 Å². The Balaban J connectivity index is 1.58. The summed E-state index contributed by atoms with van der Waals surface area (Å²) >= 11 is 1.33. The summed E-state index contributed by atoms with van der Waals surface area (Å²) in [6, 6.07) is -0.217. The lowest BCUT2D eigenvalue weighted by molar-refractivity contribution is -0.138. The van der Waals surface area contributed by atoms with Crippen LogP contribution in [0, 0.1) is 19.8 Å². The van der Waals surface area contributed by atoms with Gasteiger partial charge in [-0.3, -0.25) is 14.4 Å². The second kappa shape index (κ2) is 12.6. The molecule has 1 amide bonds. The first-order valence-corrected chi connectivity index (χ1v) is 16.5. The molecule has 4 atom stereocenters. The first-order chi connectivity index (χ1) is 20.9. The van der Waals surface area contributed by atoms with Gasteiger partial charge in [0.2, 0.25) is 5.91 Å². The van der Waals surface area contributed by atoms with Crippen LogP contribution < -0.4 is 21.3 Å². The highest BCUT2D eigenvalue weighted by Crippen LogP contribution is 2.32. The van der Waals surface area contributed by atoms with Gasteiger partial charge < -0.3 is 35.9 Å². The molecule has 1 unspecified atom stereocenters. The van der Waals surface area contributed by atoms with E-state index in [0.29, 0.717) is 24.5 Å². The molecule has 11 heteroatoms. The van der Waals surface area contributed by atoms with E-state index in [2.05, 4.69) is 27.5 Å². The Morgan fingerprint density at radius 2 is 1.64 bits per heavy atom. The molecule has 1 saturated heterocycles. The predicted octanol–water partition coefficient (Wildman–Crippen LogP) is 1.95. The van der Waals surface area contributed by atoms with E-state index in [9.17, 15) is 29.7 Å². The molecule has 0 bridgehead atoms. The Morgan fingerprint density at radius 1 is 0.977 bits per heavy atom. The molecule has 0 saturated carbocycles. The minimum atomic E-state index is -0.889. The molecule has 0 aromatic carbocycles. The van der Waals surface area contributed by atoms with Crippen LogP contribution in [0.5, 0.6) is 0 Å². The summed E-state index contributed by atoms with van der Waals surface area (Å²) in [6.45, 7) is 9.96. The number of carboxylic acids is 2. The maximum atomic E-state index is 12.5. The van der Waals surface area contributed by atoms with E-state index in [4.69, 9.17) is 0 Å². The number of aliphatic hydroxyl groups is 1. The Bertz CT molecular complexity index is 1690. The average molecular weight is 624 g/mol. The van der Waals surface area contributed by atoms with E-state index in [1.165, 1.54) is 11.8 Å². The third kappa shape index (κ3) is 6.33. The molecule has 1 fully saturated rings. The second-order valence-corrected chi connectivity index (χ2v) is 13.5. The van der Waals surface area contributed by atoms with E-state index in [1.54, 1.807) is 0 Å². The van der Waals surface area contributed by atoms with Crippen molar-refractivity contribution < 1.29 is 29.7 Å². The standard InChI is InChI=1S/C33H42N4O6S/c1-6-19-15(2)24(36-33(19)43)11-22-16(3)20(7-9-29(38)39)25(34-22)13-26-21(8-10-30(40)41)17(4)23(35-26)12-27-31(28-14-44-28)18(5)32(42)37-27/h12-13,15,24,27-28,34-36,43H,6-11,14H2,1-5H3,(H,37,42)(H,38,39)(H,40,41)/p+1/b23-12+,26-13-/t15?,24-,27+,28+/m1/s1. The SMILES string of the molecule is CCC1=C(O)N[C@H](Cc2[nH]c(/C=c3\[nH]/c(=C/[C@@H]4NC(=O)C(C)=C4[C@@H]4C[SH+]4)c(C)c3CCC(=O)O)c(CCC(=O)O)c2C)C1C. The molecule has 3 aliphatic rings. The van der Waals surface area contributed by atoms with Gasteiger partial charge in [0.05, 0.1) is 6.04 Å². The highest BCUT2D eigenvalue weighted by molar-refractivity contribution is 7.87. The number of aliphatic hydroxyl groups excluding tert-OH is 1. The van der Waals surface area contributed by atoms with Gasteiger partial charge in [-0.15, -0.1) is 0 Å². The number of H-pyrrole nitrogens is 2. The Labute approximate surface area is 260 Å². The van der Waals surface area contributed by atoms with Crippen LogP contribution in [-0.4, -0.2) is 66.2 Å². The first-order valence-electron chi connectivity index (χ1n) is 15.3. The number of amides is 1. The number of aromatic nitrogens is 2.